The Hall–Kier alpha value is -3.47. The first-order valence-corrected chi connectivity index (χ1v) is 9.03. The van der Waals surface area contributed by atoms with Crippen LogP contribution in [0.25, 0.3) is 0 Å². The molecule has 0 bridgehead atoms. The maximum Gasteiger partial charge on any atom is 0.261 e. The number of benzene rings is 3. The summed E-state index contributed by atoms with van der Waals surface area (Å²) in [6.45, 7) is 0.424. The normalized spacial score (nSPS) is 15.6. The van der Waals surface area contributed by atoms with E-state index in [-0.39, 0.29) is 5.91 Å². The van der Waals surface area contributed by atoms with E-state index in [1.807, 2.05) is 66.7 Å². The molecule has 0 aromatic heterocycles. The first kappa shape index (κ1) is 17.9. The van der Waals surface area contributed by atoms with Crippen LogP contribution < -0.4 is 14.2 Å². The number of hydrogen-bond acceptors (Lipinski definition) is 4. The van der Waals surface area contributed by atoms with E-state index in [1.165, 1.54) is 0 Å². The molecule has 5 heteroatoms. The van der Waals surface area contributed by atoms with E-state index in [0.717, 1.165) is 22.6 Å². The molecule has 0 spiro atoms. The van der Waals surface area contributed by atoms with Crippen LogP contribution in [-0.2, 0) is 6.54 Å². The minimum Gasteiger partial charge on any atom is -0.497 e. The Kier molecular flexibility index (Phi) is 4.89. The van der Waals surface area contributed by atoms with Crippen LogP contribution in [-0.4, -0.2) is 25.0 Å². The first-order chi connectivity index (χ1) is 13.7. The predicted molar refractivity (Wildman–Crippen MR) is 106 cm³/mol. The molecular formula is C23H21NO4. The quantitative estimate of drug-likeness (QED) is 0.662. The smallest absolute Gasteiger partial charge is 0.261 e. The summed E-state index contributed by atoms with van der Waals surface area (Å²) < 4.78 is 16.7. The van der Waals surface area contributed by atoms with E-state index in [0.29, 0.717) is 17.9 Å². The lowest BCUT2D eigenvalue weighted by molar-refractivity contribution is 0.00470. The molecular weight excluding hydrogens is 354 g/mol. The van der Waals surface area contributed by atoms with Gasteiger partial charge in [0.15, 0.2) is 0 Å². The number of fused-ring (bicyclic) bond motifs is 1. The minimum atomic E-state index is -0.518. The second-order valence-electron chi connectivity index (χ2n) is 6.52. The second kappa shape index (κ2) is 7.64. The van der Waals surface area contributed by atoms with Gasteiger partial charge >= 0.3 is 0 Å². The summed E-state index contributed by atoms with van der Waals surface area (Å²) in [5.41, 5.74) is 2.45. The number of carbonyl (C=O) groups excluding carboxylic acids is 1. The van der Waals surface area contributed by atoms with Gasteiger partial charge in [-0.25, -0.2) is 0 Å². The monoisotopic (exact) mass is 375 g/mol. The third-order valence-electron chi connectivity index (χ3n) is 4.81. The zero-order chi connectivity index (χ0) is 19.5. The second-order valence-corrected chi connectivity index (χ2v) is 6.52. The molecule has 4 rings (SSSR count). The van der Waals surface area contributed by atoms with Gasteiger partial charge < -0.3 is 14.2 Å². The number of amides is 1. The molecule has 0 radical (unpaired) electrons. The van der Waals surface area contributed by atoms with Crippen molar-refractivity contribution in [2.45, 2.75) is 12.8 Å². The van der Waals surface area contributed by atoms with Gasteiger partial charge in [0.1, 0.15) is 17.2 Å². The highest BCUT2D eigenvalue weighted by atomic mass is 16.5. The Morgan fingerprint density at radius 3 is 2.11 bits per heavy atom. The van der Waals surface area contributed by atoms with Crippen LogP contribution in [0.5, 0.6) is 17.2 Å². The molecule has 0 fully saturated rings. The molecule has 1 unspecified atom stereocenters. The van der Waals surface area contributed by atoms with Gasteiger partial charge in [-0.15, -0.1) is 0 Å². The fourth-order valence-electron chi connectivity index (χ4n) is 3.29. The van der Waals surface area contributed by atoms with Gasteiger partial charge in [-0.2, -0.15) is 0 Å². The van der Waals surface area contributed by atoms with Crippen molar-refractivity contribution in [2.75, 3.05) is 14.2 Å². The summed E-state index contributed by atoms with van der Waals surface area (Å²) >= 11 is 0. The van der Waals surface area contributed by atoms with E-state index < -0.39 is 6.23 Å². The largest absolute Gasteiger partial charge is 0.497 e. The average Bonchev–Trinajstić information content (AvgIpc) is 2.76. The van der Waals surface area contributed by atoms with E-state index in [4.69, 9.17) is 14.2 Å². The van der Waals surface area contributed by atoms with Crippen LogP contribution >= 0.6 is 0 Å². The first-order valence-electron chi connectivity index (χ1n) is 9.03. The van der Waals surface area contributed by atoms with Crippen molar-refractivity contribution in [3.63, 3.8) is 0 Å². The molecule has 142 valence electrons. The lowest BCUT2D eigenvalue weighted by Gasteiger charge is -2.37. The molecule has 28 heavy (non-hydrogen) atoms. The fourth-order valence-corrected chi connectivity index (χ4v) is 3.29. The van der Waals surface area contributed by atoms with Crippen molar-refractivity contribution >= 4 is 5.91 Å². The highest BCUT2D eigenvalue weighted by molar-refractivity contribution is 5.98. The molecule has 1 heterocycles. The van der Waals surface area contributed by atoms with Crippen molar-refractivity contribution in [3.8, 4) is 17.2 Å². The molecule has 1 amide bonds. The van der Waals surface area contributed by atoms with Crippen LogP contribution in [0.15, 0.2) is 72.8 Å². The van der Waals surface area contributed by atoms with E-state index in [1.54, 1.807) is 25.2 Å². The number of nitrogens with zero attached hydrogens (tertiary/aromatic N) is 1. The molecule has 5 nitrogen and oxygen atoms in total. The fraction of sp³-hybridized carbons (Fsp3) is 0.174. The number of ether oxygens (including phenoxy) is 3. The zero-order valence-electron chi connectivity index (χ0n) is 15.8. The summed E-state index contributed by atoms with van der Waals surface area (Å²) in [7, 11) is 3.26. The van der Waals surface area contributed by atoms with Gasteiger partial charge in [0.2, 0.25) is 6.23 Å². The van der Waals surface area contributed by atoms with Crippen molar-refractivity contribution < 1.29 is 19.0 Å². The molecule has 3 aromatic carbocycles. The van der Waals surface area contributed by atoms with Gasteiger partial charge in [-0.1, -0.05) is 24.3 Å². The number of carbonyl (C=O) groups is 1. The predicted octanol–water partition coefficient (Wildman–Crippen LogP) is 4.44. The average molecular weight is 375 g/mol. The topological polar surface area (TPSA) is 48.0 Å². The summed E-state index contributed by atoms with van der Waals surface area (Å²) in [6.07, 6.45) is -0.518. The van der Waals surface area contributed by atoms with E-state index in [9.17, 15) is 4.79 Å². The van der Waals surface area contributed by atoms with Gasteiger partial charge in [0.25, 0.3) is 5.91 Å². The SMILES string of the molecule is COc1ccc(CN2C(=O)c3ccccc3OC2c2ccc(OC)cc2)cc1. The van der Waals surface area contributed by atoms with Crippen molar-refractivity contribution in [1.29, 1.82) is 0 Å². The highest BCUT2D eigenvalue weighted by Gasteiger charge is 2.34. The Bertz CT molecular complexity index is 967. The van der Waals surface area contributed by atoms with Crippen LogP contribution in [0.2, 0.25) is 0 Å². The Morgan fingerprint density at radius 1 is 0.857 bits per heavy atom. The molecule has 0 saturated heterocycles. The van der Waals surface area contributed by atoms with Gasteiger partial charge in [-0.3, -0.25) is 9.69 Å². The van der Waals surface area contributed by atoms with Crippen LogP contribution in [0.4, 0.5) is 0 Å². The summed E-state index contributed by atoms with van der Waals surface area (Å²) in [6, 6.07) is 22.6. The third-order valence-corrected chi connectivity index (χ3v) is 4.81. The van der Waals surface area contributed by atoms with Crippen molar-refractivity contribution in [2.24, 2.45) is 0 Å². The van der Waals surface area contributed by atoms with Crippen LogP contribution in [0.1, 0.15) is 27.7 Å². The summed E-state index contributed by atoms with van der Waals surface area (Å²) in [5, 5.41) is 0. The summed E-state index contributed by atoms with van der Waals surface area (Å²) in [5.74, 6) is 2.08. The molecule has 0 saturated carbocycles. The number of hydrogen-bond donors (Lipinski definition) is 0. The molecule has 1 aliphatic rings. The molecule has 1 aliphatic heterocycles. The molecule has 0 N–H and O–H groups in total. The van der Waals surface area contributed by atoms with E-state index in [2.05, 4.69) is 0 Å². The van der Waals surface area contributed by atoms with E-state index >= 15 is 0 Å². The van der Waals surface area contributed by atoms with Gasteiger partial charge in [-0.05, 0) is 54.1 Å². The van der Waals surface area contributed by atoms with Crippen molar-refractivity contribution in [3.05, 3.63) is 89.5 Å². The molecule has 3 aromatic rings. The van der Waals surface area contributed by atoms with Crippen molar-refractivity contribution in [1.82, 2.24) is 4.90 Å². The third kappa shape index (κ3) is 3.39. The molecule has 1 atom stereocenters. The standard InChI is InChI=1S/C23H21NO4/c1-26-18-11-7-16(8-12-18)15-24-22(25)20-5-3-4-6-21(20)28-23(24)17-9-13-19(27-2)14-10-17/h3-14,23H,15H2,1-2H3. The van der Waals surface area contributed by atoms with Crippen LogP contribution in [0, 0.1) is 0 Å². The zero-order valence-corrected chi connectivity index (χ0v) is 15.8. The lowest BCUT2D eigenvalue weighted by Crippen LogP contribution is -2.41. The Morgan fingerprint density at radius 2 is 1.46 bits per heavy atom. The minimum absolute atomic E-state index is 0.0570. The van der Waals surface area contributed by atoms with Gasteiger partial charge in [0, 0.05) is 12.1 Å². The maximum absolute atomic E-state index is 13.2. The number of methoxy groups -OCH3 is 2. The van der Waals surface area contributed by atoms with Gasteiger partial charge in [0.05, 0.1) is 19.8 Å². The highest BCUT2D eigenvalue weighted by Crippen LogP contribution is 2.36. The maximum atomic E-state index is 13.2. The number of rotatable bonds is 5. The summed E-state index contributed by atoms with van der Waals surface area (Å²) in [4.78, 5) is 15.0. The Balaban J connectivity index is 1.70. The molecule has 0 aliphatic carbocycles. The number of para-hydroxylation sites is 1. The lowest BCUT2D eigenvalue weighted by atomic mass is 10.1. The Labute approximate surface area is 164 Å². The van der Waals surface area contributed by atoms with Crippen LogP contribution in [0.3, 0.4) is 0 Å².